The van der Waals surface area contributed by atoms with Gasteiger partial charge in [0, 0.05) is 29.8 Å². The Labute approximate surface area is 134 Å². The largest absolute Gasteiger partial charge is 0.371 e. The van der Waals surface area contributed by atoms with Gasteiger partial charge in [0.1, 0.15) is 0 Å². The Balaban J connectivity index is 2.21. The van der Waals surface area contributed by atoms with E-state index in [0.29, 0.717) is 5.41 Å². The Hall–Kier alpha value is -0.730. The smallest absolute Gasteiger partial charge is 0.0426 e. The average molecular weight is 309 g/mol. The van der Waals surface area contributed by atoms with Crippen LogP contribution in [-0.4, -0.2) is 19.1 Å². The second-order valence-electron chi connectivity index (χ2n) is 7.44. The summed E-state index contributed by atoms with van der Waals surface area (Å²) in [7, 11) is 0. The van der Waals surface area contributed by atoms with E-state index in [1.807, 2.05) is 6.07 Å². The molecule has 1 saturated heterocycles. The first kappa shape index (κ1) is 16.6. The first-order chi connectivity index (χ1) is 9.81. The summed E-state index contributed by atoms with van der Waals surface area (Å²) in [6.07, 6.45) is 3.20. The molecule has 2 unspecified atom stereocenters. The molecule has 1 aliphatic heterocycles. The van der Waals surface area contributed by atoms with Crippen LogP contribution in [0, 0.1) is 11.3 Å². The number of nitrogens with zero attached hydrogens (tertiary/aromatic N) is 1. The fourth-order valence-electron chi connectivity index (χ4n) is 3.12. The van der Waals surface area contributed by atoms with Gasteiger partial charge < -0.3 is 10.6 Å². The Morgan fingerprint density at radius 2 is 2.10 bits per heavy atom. The molecule has 0 amide bonds. The number of halogens is 1. The predicted octanol–water partition coefficient (Wildman–Crippen LogP) is 4.49. The monoisotopic (exact) mass is 308 g/mol. The van der Waals surface area contributed by atoms with E-state index in [0.717, 1.165) is 36.9 Å². The topological polar surface area (TPSA) is 29.3 Å². The Kier molecular flexibility index (Phi) is 5.21. The van der Waals surface area contributed by atoms with Gasteiger partial charge in [-0.15, -0.1) is 0 Å². The van der Waals surface area contributed by atoms with Crippen LogP contribution in [0.5, 0.6) is 0 Å². The second-order valence-corrected chi connectivity index (χ2v) is 7.88. The van der Waals surface area contributed by atoms with Crippen LogP contribution in [0.2, 0.25) is 5.02 Å². The minimum Gasteiger partial charge on any atom is -0.371 e. The summed E-state index contributed by atoms with van der Waals surface area (Å²) in [4.78, 5) is 2.50. The molecular formula is C18H29ClN2. The quantitative estimate of drug-likeness (QED) is 0.888. The van der Waals surface area contributed by atoms with Crippen molar-refractivity contribution in [1.82, 2.24) is 0 Å². The molecule has 0 saturated carbocycles. The van der Waals surface area contributed by atoms with Crippen molar-refractivity contribution in [1.29, 1.82) is 0 Å². The third-order valence-electron chi connectivity index (χ3n) is 4.81. The fraction of sp³-hybridized carbons (Fsp3) is 0.667. The molecule has 0 spiro atoms. The predicted molar refractivity (Wildman–Crippen MR) is 93.2 cm³/mol. The van der Waals surface area contributed by atoms with E-state index in [1.165, 1.54) is 17.7 Å². The van der Waals surface area contributed by atoms with Crippen LogP contribution < -0.4 is 10.6 Å². The maximum atomic E-state index is 6.23. The van der Waals surface area contributed by atoms with E-state index in [9.17, 15) is 0 Å². The van der Waals surface area contributed by atoms with E-state index in [-0.39, 0.29) is 6.04 Å². The molecular weight excluding hydrogens is 280 g/mol. The van der Waals surface area contributed by atoms with E-state index < -0.39 is 0 Å². The van der Waals surface area contributed by atoms with Crippen molar-refractivity contribution in [3.63, 3.8) is 0 Å². The summed E-state index contributed by atoms with van der Waals surface area (Å²) >= 11 is 6.23. The van der Waals surface area contributed by atoms with Gasteiger partial charge in [-0.05, 0) is 48.3 Å². The van der Waals surface area contributed by atoms with Crippen LogP contribution in [0.3, 0.4) is 0 Å². The maximum Gasteiger partial charge on any atom is 0.0426 e. The lowest BCUT2D eigenvalue weighted by molar-refractivity contribution is 0.263. The molecule has 2 N–H and O–H groups in total. The Morgan fingerprint density at radius 3 is 2.67 bits per heavy atom. The van der Waals surface area contributed by atoms with E-state index in [1.54, 1.807) is 0 Å². The Bertz CT molecular complexity index is 479. The summed E-state index contributed by atoms with van der Waals surface area (Å²) in [5.41, 5.74) is 9.15. The van der Waals surface area contributed by atoms with Crippen LogP contribution in [-0.2, 0) is 6.42 Å². The highest BCUT2D eigenvalue weighted by molar-refractivity contribution is 6.30. The minimum absolute atomic E-state index is 0.228. The normalized spacial score (nSPS) is 20.9. The summed E-state index contributed by atoms with van der Waals surface area (Å²) in [6.45, 7) is 11.4. The average Bonchev–Trinajstić information content (AvgIpc) is 2.90. The van der Waals surface area contributed by atoms with Gasteiger partial charge in [0.05, 0.1) is 0 Å². The minimum atomic E-state index is 0.228. The molecule has 21 heavy (non-hydrogen) atoms. The SMILES string of the molecule is CCC(N)Cc1ccc(Cl)cc1N1CCC(C(C)(C)C)C1. The van der Waals surface area contributed by atoms with Crippen molar-refractivity contribution < 1.29 is 0 Å². The number of hydrogen-bond donors (Lipinski definition) is 1. The zero-order valence-corrected chi connectivity index (χ0v) is 14.6. The van der Waals surface area contributed by atoms with Crippen LogP contribution >= 0.6 is 11.6 Å². The van der Waals surface area contributed by atoms with Gasteiger partial charge in [0.15, 0.2) is 0 Å². The number of benzene rings is 1. The van der Waals surface area contributed by atoms with E-state index >= 15 is 0 Å². The number of hydrogen-bond acceptors (Lipinski definition) is 2. The molecule has 1 heterocycles. The summed E-state index contributed by atoms with van der Waals surface area (Å²) in [6, 6.07) is 6.48. The first-order valence-electron chi connectivity index (χ1n) is 8.10. The summed E-state index contributed by atoms with van der Waals surface area (Å²) in [5.74, 6) is 0.740. The van der Waals surface area contributed by atoms with E-state index in [4.69, 9.17) is 17.3 Å². The van der Waals surface area contributed by atoms with Crippen molar-refractivity contribution in [2.24, 2.45) is 17.1 Å². The molecule has 3 heteroatoms. The Morgan fingerprint density at radius 1 is 1.38 bits per heavy atom. The highest BCUT2D eigenvalue weighted by atomic mass is 35.5. The molecule has 0 radical (unpaired) electrons. The van der Waals surface area contributed by atoms with Crippen molar-refractivity contribution >= 4 is 17.3 Å². The third kappa shape index (κ3) is 4.14. The molecule has 0 aliphatic carbocycles. The zero-order chi connectivity index (χ0) is 15.6. The van der Waals surface area contributed by atoms with Gasteiger partial charge in [0.2, 0.25) is 0 Å². The van der Waals surface area contributed by atoms with Crippen molar-refractivity contribution in [2.45, 2.75) is 53.0 Å². The van der Waals surface area contributed by atoms with Gasteiger partial charge in [-0.3, -0.25) is 0 Å². The highest BCUT2D eigenvalue weighted by Gasteiger charge is 2.32. The molecule has 2 rings (SSSR count). The van der Waals surface area contributed by atoms with Gasteiger partial charge in [-0.1, -0.05) is 45.4 Å². The molecule has 0 aromatic heterocycles. The molecule has 2 nitrogen and oxygen atoms in total. The first-order valence-corrected chi connectivity index (χ1v) is 8.48. The molecule has 118 valence electrons. The van der Waals surface area contributed by atoms with Gasteiger partial charge >= 0.3 is 0 Å². The fourth-order valence-corrected chi connectivity index (χ4v) is 3.28. The van der Waals surface area contributed by atoms with Crippen molar-refractivity contribution in [3.8, 4) is 0 Å². The molecule has 0 bridgehead atoms. The molecule has 1 aromatic rings. The zero-order valence-electron chi connectivity index (χ0n) is 13.8. The van der Waals surface area contributed by atoms with Crippen LogP contribution in [0.15, 0.2) is 18.2 Å². The van der Waals surface area contributed by atoms with Gasteiger partial charge in [-0.25, -0.2) is 0 Å². The third-order valence-corrected chi connectivity index (χ3v) is 5.04. The summed E-state index contributed by atoms with van der Waals surface area (Å²) in [5, 5.41) is 0.818. The molecule has 2 atom stereocenters. The van der Waals surface area contributed by atoms with E-state index in [2.05, 4.69) is 44.7 Å². The molecule has 1 fully saturated rings. The second kappa shape index (κ2) is 6.58. The number of nitrogens with two attached hydrogens (primary N) is 1. The van der Waals surface area contributed by atoms with Crippen molar-refractivity contribution in [2.75, 3.05) is 18.0 Å². The lowest BCUT2D eigenvalue weighted by atomic mass is 9.80. The number of anilines is 1. The standard InChI is InChI=1S/C18H29ClN2/c1-5-16(20)10-13-6-7-15(19)11-17(13)21-9-8-14(12-21)18(2,3)4/h6-7,11,14,16H,5,8-10,12,20H2,1-4H3. The van der Waals surface area contributed by atoms with Crippen LogP contribution in [0.4, 0.5) is 5.69 Å². The lowest BCUT2D eigenvalue weighted by Gasteiger charge is -2.28. The summed E-state index contributed by atoms with van der Waals surface area (Å²) < 4.78 is 0. The van der Waals surface area contributed by atoms with Crippen LogP contribution in [0.25, 0.3) is 0 Å². The highest BCUT2D eigenvalue weighted by Crippen LogP contribution is 2.37. The van der Waals surface area contributed by atoms with Gasteiger partial charge in [0.25, 0.3) is 0 Å². The van der Waals surface area contributed by atoms with Crippen molar-refractivity contribution in [3.05, 3.63) is 28.8 Å². The van der Waals surface area contributed by atoms with Crippen LogP contribution in [0.1, 0.15) is 46.1 Å². The molecule has 1 aromatic carbocycles. The van der Waals surface area contributed by atoms with Gasteiger partial charge in [-0.2, -0.15) is 0 Å². The molecule has 1 aliphatic rings. The lowest BCUT2D eigenvalue weighted by Crippen LogP contribution is -2.28. The maximum absolute atomic E-state index is 6.23. The number of rotatable bonds is 4.